The lowest BCUT2D eigenvalue weighted by atomic mass is 9.95. The molecule has 1 aliphatic carbocycles. The number of imidazole rings is 1. The molecular weight excluding hydrogens is 280 g/mol. The summed E-state index contributed by atoms with van der Waals surface area (Å²) in [7, 11) is 0. The van der Waals surface area contributed by atoms with E-state index in [-0.39, 0.29) is 17.7 Å². The first kappa shape index (κ1) is 13.8. The van der Waals surface area contributed by atoms with E-state index in [9.17, 15) is 9.59 Å². The van der Waals surface area contributed by atoms with E-state index in [1.807, 2.05) is 9.47 Å². The van der Waals surface area contributed by atoms with E-state index < -0.39 is 0 Å². The summed E-state index contributed by atoms with van der Waals surface area (Å²) < 4.78 is 2.00. The first-order chi connectivity index (χ1) is 10.7. The van der Waals surface area contributed by atoms with Gasteiger partial charge in [-0.25, -0.2) is 4.98 Å². The van der Waals surface area contributed by atoms with Crippen molar-refractivity contribution in [3.05, 3.63) is 17.7 Å². The molecule has 1 aromatic heterocycles. The van der Waals surface area contributed by atoms with Crippen LogP contribution in [-0.4, -0.2) is 45.4 Å². The Balaban J connectivity index is 1.46. The highest BCUT2D eigenvalue weighted by atomic mass is 16.2. The minimum absolute atomic E-state index is 0.0409. The average Bonchev–Trinajstić information content (AvgIpc) is 3.05. The SMILES string of the molecule is O=C(NC1CC1)c1ncn2c1CCC(C(=O)N1CCCC1)C2. The molecule has 0 spiro atoms. The molecule has 1 unspecified atom stereocenters. The Hall–Kier alpha value is -1.85. The summed E-state index contributed by atoms with van der Waals surface area (Å²) in [6.45, 7) is 2.47. The number of nitrogens with zero attached hydrogens (tertiary/aromatic N) is 3. The second-order valence-corrected chi connectivity index (χ2v) is 6.71. The van der Waals surface area contributed by atoms with E-state index in [0.717, 1.165) is 57.3 Å². The molecule has 4 rings (SSSR count). The van der Waals surface area contributed by atoms with Gasteiger partial charge in [-0.3, -0.25) is 9.59 Å². The monoisotopic (exact) mass is 302 g/mol. The summed E-state index contributed by atoms with van der Waals surface area (Å²) in [6.07, 6.45) is 7.71. The molecule has 22 heavy (non-hydrogen) atoms. The van der Waals surface area contributed by atoms with Gasteiger partial charge < -0.3 is 14.8 Å². The molecule has 6 nitrogen and oxygen atoms in total. The Kier molecular flexibility index (Phi) is 3.39. The zero-order valence-electron chi connectivity index (χ0n) is 12.8. The van der Waals surface area contributed by atoms with Gasteiger partial charge in [0.25, 0.3) is 5.91 Å². The van der Waals surface area contributed by atoms with Crippen LogP contribution in [0.5, 0.6) is 0 Å². The summed E-state index contributed by atoms with van der Waals surface area (Å²) in [5.74, 6) is 0.264. The van der Waals surface area contributed by atoms with Crippen molar-refractivity contribution in [1.82, 2.24) is 19.8 Å². The van der Waals surface area contributed by atoms with Crippen LogP contribution < -0.4 is 5.32 Å². The maximum absolute atomic E-state index is 12.5. The van der Waals surface area contributed by atoms with E-state index in [1.54, 1.807) is 6.33 Å². The molecule has 1 atom stereocenters. The molecule has 1 N–H and O–H groups in total. The van der Waals surface area contributed by atoms with Crippen LogP contribution in [0.3, 0.4) is 0 Å². The fourth-order valence-corrected chi connectivity index (χ4v) is 3.54. The van der Waals surface area contributed by atoms with Crippen molar-refractivity contribution >= 4 is 11.8 Å². The number of fused-ring (bicyclic) bond motifs is 1. The zero-order valence-corrected chi connectivity index (χ0v) is 12.8. The van der Waals surface area contributed by atoms with Gasteiger partial charge >= 0.3 is 0 Å². The van der Waals surface area contributed by atoms with E-state index in [0.29, 0.717) is 18.3 Å². The van der Waals surface area contributed by atoms with E-state index in [4.69, 9.17) is 0 Å². The number of hydrogen-bond donors (Lipinski definition) is 1. The maximum Gasteiger partial charge on any atom is 0.271 e. The van der Waals surface area contributed by atoms with Crippen molar-refractivity contribution in [3.63, 3.8) is 0 Å². The number of hydrogen-bond acceptors (Lipinski definition) is 3. The number of carbonyl (C=O) groups excluding carboxylic acids is 2. The van der Waals surface area contributed by atoms with Crippen molar-refractivity contribution in [2.24, 2.45) is 5.92 Å². The molecule has 0 bridgehead atoms. The highest BCUT2D eigenvalue weighted by Crippen LogP contribution is 2.26. The minimum atomic E-state index is -0.0550. The van der Waals surface area contributed by atoms with Crippen molar-refractivity contribution in [2.75, 3.05) is 13.1 Å². The number of amides is 2. The first-order valence-corrected chi connectivity index (χ1v) is 8.36. The van der Waals surface area contributed by atoms with Crippen LogP contribution in [0, 0.1) is 5.92 Å². The highest BCUT2D eigenvalue weighted by Gasteiger charge is 2.33. The Morgan fingerprint density at radius 2 is 1.95 bits per heavy atom. The van der Waals surface area contributed by atoms with Gasteiger partial charge in [-0.15, -0.1) is 0 Å². The minimum Gasteiger partial charge on any atom is -0.348 e. The lowest BCUT2D eigenvalue weighted by Crippen LogP contribution is -2.38. The second-order valence-electron chi connectivity index (χ2n) is 6.71. The van der Waals surface area contributed by atoms with Gasteiger partial charge in [0.1, 0.15) is 5.69 Å². The summed E-state index contributed by atoms with van der Waals surface area (Å²) in [5.41, 5.74) is 1.54. The third-order valence-corrected chi connectivity index (χ3v) is 4.99. The predicted molar refractivity (Wildman–Crippen MR) is 80.3 cm³/mol. The standard InChI is InChI=1S/C16H22N4O2/c21-15(18-12-4-5-12)14-13-6-3-11(9-20(13)10-17-14)16(22)19-7-1-2-8-19/h10-12H,1-9H2,(H,18,21). The normalized spacial score (nSPS) is 24.2. The average molecular weight is 302 g/mol. The molecule has 1 aromatic rings. The molecule has 118 valence electrons. The molecule has 2 aliphatic heterocycles. The molecule has 0 aromatic carbocycles. The van der Waals surface area contributed by atoms with E-state index >= 15 is 0 Å². The van der Waals surface area contributed by atoms with Crippen LogP contribution >= 0.6 is 0 Å². The molecule has 3 heterocycles. The Bertz CT molecular complexity index is 599. The van der Waals surface area contributed by atoms with Crippen molar-refractivity contribution in [3.8, 4) is 0 Å². The Morgan fingerprint density at radius 3 is 2.68 bits per heavy atom. The van der Waals surface area contributed by atoms with Gasteiger partial charge in [-0.1, -0.05) is 0 Å². The summed E-state index contributed by atoms with van der Waals surface area (Å²) in [4.78, 5) is 31.0. The smallest absolute Gasteiger partial charge is 0.271 e. The molecule has 6 heteroatoms. The fourth-order valence-electron chi connectivity index (χ4n) is 3.54. The number of nitrogens with one attached hydrogen (secondary N) is 1. The number of aromatic nitrogens is 2. The highest BCUT2D eigenvalue weighted by molar-refractivity contribution is 5.94. The fraction of sp³-hybridized carbons (Fsp3) is 0.688. The largest absolute Gasteiger partial charge is 0.348 e. The van der Waals surface area contributed by atoms with Crippen LogP contribution in [0.25, 0.3) is 0 Å². The summed E-state index contributed by atoms with van der Waals surface area (Å²) in [5, 5.41) is 3.00. The number of likely N-dealkylation sites (tertiary alicyclic amines) is 1. The van der Waals surface area contributed by atoms with Gasteiger partial charge in [-0.05, 0) is 38.5 Å². The van der Waals surface area contributed by atoms with Crippen LogP contribution in [0.1, 0.15) is 48.3 Å². The third-order valence-electron chi connectivity index (χ3n) is 4.99. The second kappa shape index (κ2) is 5.41. The molecule has 2 amide bonds. The topological polar surface area (TPSA) is 67.2 Å². The molecule has 1 saturated heterocycles. The van der Waals surface area contributed by atoms with Crippen LogP contribution in [0.2, 0.25) is 0 Å². The lowest BCUT2D eigenvalue weighted by Gasteiger charge is -2.27. The van der Waals surface area contributed by atoms with Gasteiger partial charge in [0.2, 0.25) is 5.91 Å². The Morgan fingerprint density at radius 1 is 1.18 bits per heavy atom. The van der Waals surface area contributed by atoms with Crippen molar-refractivity contribution in [1.29, 1.82) is 0 Å². The predicted octanol–water partition coefficient (Wildman–Crippen LogP) is 0.960. The van der Waals surface area contributed by atoms with Gasteiger partial charge in [-0.2, -0.15) is 0 Å². The van der Waals surface area contributed by atoms with E-state index in [1.165, 1.54) is 0 Å². The van der Waals surface area contributed by atoms with Gasteiger partial charge in [0.05, 0.1) is 17.9 Å². The zero-order chi connectivity index (χ0) is 15.1. The molecule has 1 saturated carbocycles. The third kappa shape index (κ3) is 2.51. The van der Waals surface area contributed by atoms with Gasteiger partial charge in [0.15, 0.2) is 0 Å². The quantitative estimate of drug-likeness (QED) is 0.904. The first-order valence-electron chi connectivity index (χ1n) is 8.36. The van der Waals surface area contributed by atoms with Crippen LogP contribution in [-0.2, 0) is 17.8 Å². The maximum atomic E-state index is 12.5. The number of rotatable bonds is 3. The van der Waals surface area contributed by atoms with E-state index in [2.05, 4.69) is 10.3 Å². The van der Waals surface area contributed by atoms with Crippen molar-refractivity contribution in [2.45, 2.75) is 51.1 Å². The number of carbonyl (C=O) groups is 2. The molecule has 3 aliphatic rings. The Labute approximate surface area is 129 Å². The summed E-state index contributed by atoms with van der Waals surface area (Å²) >= 11 is 0. The van der Waals surface area contributed by atoms with Crippen LogP contribution in [0.4, 0.5) is 0 Å². The molecule has 2 fully saturated rings. The molecule has 0 radical (unpaired) electrons. The summed E-state index contributed by atoms with van der Waals surface area (Å²) in [6, 6.07) is 0.345. The van der Waals surface area contributed by atoms with Crippen LogP contribution in [0.15, 0.2) is 6.33 Å². The molecular formula is C16H22N4O2. The van der Waals surface area contributed by atoms with Gasteiger partial charge in [0, 0.05) is 25.7 Å². The lowest BCUT2D eigenvalue weighted by molar-refractivity contribution is -0.135. The van der Waals surface area contributed by atoms with Crippen molar-refractivity contribution < 1.29 is 9.59 Å².